The number of benzene rings is 1. The number of fused-ring (bicyclic) bond motifs is 2. The molecule has 120 valence electrons. The number of nitrogens with zero attached hydrogens (tertiary/aromatic N) is 3. The number of carbonyl (C=O) groups excluding carboxylic acids is 2. The molecule has 1 aromatic carbocycles. The van der Waals surface area contributed by atoms with E-state index in [9.17, 15) is 14.7 Å². The number of aliphatic hydroxyl groups is 1. The molecule has 6 heteroatoms. The van der Waals surface area contributed by atoms with E-state index in [4.69, 9.17) is 0 Å². The van der Waals surface area contributed by atoms with Gasteiger partial charge in [0.2, 0.25) is 5.78 Å². The van der Waals surface area contributed by atoms with Crippen LogP contribution >= 0.6 is 0 Å². The smallest absolute Gasteiger partial charge is 0.204 e. The van der Waals surface area contributed by atoms with Crippen LogP contribution in [0.4, 0.5) is 11.4 Å². The maximum absolute atomic E-state index is 12.7. The fraction of sp³-hybridized carbons (Fsp3) is 0.222. The number of hydrogen-bond acceptors (Lipinski definition) is 6. The molecule has 0 bridgehead atoms. The molecule has 1 N–H and O–H groups in total. The lowest BCUT2D eigenvalue weighted by atomic mass is 9.88. The summed E-state index contributed by atoms with van der Waals surface area (Å²) in [7, 11) is 0. The Morgan fingerprint density at radius 3 is 2.71 bits per heavy atom. The second-order valence-corrected chi connectivity index (χ2v) is 6.02. The van der Waals surface area contributed by atoms with Crippen molar-refractivity contribution in [1.29, 1.82) is 0 Å². The summed E-state index contributed by atoms with van der Waals surface area (Å²) in [5.74, 6) is -0.0269. The Bertz CT molecular complexity index is 889. The van der Waals surface area contributed by atoms with E-state index in [1.807, 2.05) is 4.90 Å². The van der Waals surface area contributed by atoms with Crippen molar-refractivity contribution in [3.63, 3.8) is 0 Å². The van der Waals surface area contributed by atoms with Crippen LogP contribution in [0.5, 0.6) is 0 Å². The second kappa shape index (κ2) is 5.07. The zero-order valence-electron chi connectivity index (χ0n) is 13.1. The van der Waals surface area contributed by atoms with Gasteiger partial charge in [-0.15, -0.1) is 0 Å². The molecular weight excluding hydrogens is 306 g/mol. The van der Waals surface area contributed by atoms with Gasteiger partial charge in [0.05, 0.1) is 17.4 Å². The molecule has 1 aromatic heterocycles. The Hall–Kier alpha value is -2.86. The molecule has 1 atom stereocenters. The molecule has 0 aliphatic carbocycles. The molecule has 1 unspecified atom stereocenters. The Morgan fingerprint density at radius 1 is 1.25 bits per heavy atom. The fourth-order valence-electron chi connectivity index (χ4n) is 3.21. The number of hydrogen-bond donors (Lipinski definition) is 1. The summed E-state index contributed by atoms with van der Waals surface area (Å²) in [4.78, 5) is 34.4. The molecule has 0 saturated carbocycles. The Labute approximate surface area is 138 Å². The first-order chi connectivity index (χ1) is 11.5. The van der Waals surface area contributed by atoms with Gasteiger partial charge in [-0.25, -0.2) is 4.99 Å². The van der Waals surface area contributed by atoms with Crippen LogP contribution in [0.25, 0.3) is 0 Å². The molecule has 2 aliphatic heterocycles. The maximum Gasteiger partial charge on any atom is 0.204 e. The van der Waals surface area contributed by atoms with Crippen molar-refractivity contribution in [1.82, 2.24) is 4.98 Å². The zero-order chi connectivity index (χ0) is 16.9. The van der Waals surface area contributed by atoms with Crippen LogP contribution in [0.3, 0.4) is 0 Å². The van der Waals surface area contributed by atoms with Gasteiger partial charge in [0, 0.05) is 30.4 Å². The molecule has 6 nitrogen and oxygen atoms in total. The van der Waals surface area contributed by atoms with E-state index in [0.29, 0.717) is 29.2 Å². The maximum atomic E-state index is 12.7. The van der Waals surface area contributed by atoms with E-state index in [1.54, 1.807) is 30.3 Å². The number of carbonyl (C=O) groups is 2. The highest BCUT2D eigenvalue weighted by Crippen LogP contribution is 2.38. The van der Waals surface area contributed by atoms with Gasteiger partial charge in [0.15, 0.2) is 11.4 Å². The normalized spacial score (nSPS) is 22.0. The van der Waals surface area contributed by atoms with Crippen molar-refractivity contribution in [2.24, 2.45) is 4.99 Å². The van der Waals surface area contributed by atoms with Crippen LogP contribution in [0.1, 0.15) is 34.1 Å². The van der Waals surface area contributed by atoms with Crippen LogP contribution in [-0.2, 0) is 0 Å². The first kappa shape index (κ1) is 14.7. The highest BCUT2D eigenvalue weighted by Gasteiger charge is 2.52. The fourth-order valence-corrected chi connectivity index (χ4v) is 3.21. The molecule has 1 fully saturated rings. The summed E-state index contributed by atoms with van der Waals surface area (Å²) >= 11 is 0. The molecule has 0 amide bonds. The molecule has 2 aromatic rings. The standard InChI is InChI=1S/C18H15N3O3/c1-11(22)12-2-4-13(5-3-12)21-9-7-18(24)16(23)14-6-8-19-10-15(14)20-17(18)21/h2-6,8,10,24H,7,9H2,1H3. The lowest BCUT2D eigenvalue weighted by Gasteiger charge is -2.29. The molecule has 0 spiro atoms. The number of aromatic nitrogens is 1. The Morgan fingerprint density at radius 2 is 2.00 bits per heavy atom. The van der Waals surface area contributed by atoms with Crippen LogP contribution in [-0.4, -0.2) is 39.6 Å². The van der Waals surface area contributed by atoms with Gasteiger partial charge >= 0.3 is 0 Å². The molecule has 2 aliphatic rings. The van der Waals surface area contributed by atoms with E-state index >= 15 is 0 Å². The second-order valence-electron chi connectivity index (χ2n) is 6.02. The zero-order valence-corrected chi connectivity index (χ0v) is 13.1. The topological polar surface area (TPSA) is 82.9 Å². The quantitative estimate of drug-likeness (QED) is 0.857. The Balaban J connectivity index is 1.79. The van der Waals surface area contributed by atoms with Crippen molar-refractivity contribution in [3.05, 3.63) is 53.9 Å². The number of aliphatic imine (C=N–C) groups is 1. The number of rotatable bonds is 2. The van der Waals surface area contributed by atoms with Crippen molar-refractivity contribution in [2.75, 3.05) is 11.4 Å². The average molecular weight is 321 g/mol. The van der Waals surface area contributed by atoms with Crippen molar-refractivity contribution >= 4 is 28.8 Å². The van der Waals surface area contributed by atoms with Gasteiger partial charge in [-0.1, -0.05) is 0 Å². The van der Waals surface area contributed by atoms with Crippen LogP contribution < -0.4 is 4.90 Å². The van der Waals surface area contributed by atoms with Crippen LogP contribution in [0.2, 0.25) is 0 Å². The van der Waals surface area contributed by atoms with Gasteiger partial charge in [0.1, 0.15) is 5.84 Å². The largest absolute Gasteiger partial charge is 0.374 e. The minimum atomic E-state index is -1.60. The molecule has 24 heavy (non-hydrogen) atoms. The van der Waals surface area contributed by atoms with Crippen molar-refractivity contribution in [2.45, 2.75) is 18.9 Å². The van der Waals surface area contributed by atoms with Crippen LogP contribution in [0, 0.1) is 0 Å². The first-order valence-electron chi connectivity index (χ1n) is 7.69. The van der Waals surface area contributed by atoms with E-state index in [1.165, 1.54) is 19.3 Å². The monoisotopic (exact) mass is 321 g/mol. The van der Waals surface area contributed by atoms with E-state index < -0.39 is 5.60 Å². The SMILES string of the molecule is CC(=O)c1ccc(N2CCC3(O)C(=O)c4ccncc4N=C23)cc1. The molecule has 4 rings (SSSR count). The first-order valence-corrected chi connectivity index (χ1v) is 7.69. The van der Waals surface area contributed by atoms with Crippen molar-refractivity contribution in [3.8, 4) is 0 Å². The third kappa shape index (κ3) is 2.00. The third-order valence-corrected chi connectivity index (χ3v) is 4.55. The highest BCUT2D eigenvalue weighted by molar-refractivity contribution is 6.28. The summed E-state index contributed by atoms with van der Waals surface area (Å²) in [6, 6.07) is 8.65. The number of ketones is 2. The predicted octanol–water partition coefficient (Wildman–Crippen LogP) is 2.15. The van der Waals surface area contributed by atoms with Gasteiger partial charge in [0.25, 0.3) is 0 Å². The lowest BCUT2D eigenvalue weighted by Crippen LogP contribution is -2.48. The number of anilines is 1. The number of amidine groups is 1. The summed E-state index contributed by atoms with van der Waals surface area (Å²) < 4.78 is 0. The minimum Gasteiger partial charge on any atom is -0.374 e. The van der Waals surface area contributed by atoms with E-state index in [2.05, 4.69) is 9.98 Å². The van der Waals surface area contributed by atoms with Crippen LogP contribution in [0.15, 0.2) is 47.7 Å². The molecule has 3 heterocycles. The van der Waals surface area contributed by atoms with Gasteiger partial charge < -0.3 is 10.0 Å². The number of pyridine rings is 1. The predicted molar refractivity (Wildman–Crippen MR) is 89.0 cm³/mol. The molecular formula is C18H15N3O3. The number of Topliss-reactive ketones (excluding diaryl/α,β-unsaturated/α-hetero) is 2. The van der Waals surface area contributed by atoms with Gasteiger partial charge in [-0.2, -0.15) is 0 Å². The summed E-state index contributed by atoms with van der Waals surface area (Å²) in [6.07, 6.45) is 3.32. The average Bonchev–Trinajstić information content (AvgIpc) is 2.93. The van der Waals surface area contributed by atoms with E-state index in [-0.39, 0.29) is 18.0 Å². The summed E-state index contributed by atoms with van der Waals surface area (Å²) in [6.45, 7) is 1.99. The van der Waals surface area contributed by atoms with Gasteiger partial charge in [-0.3, -0.25) is 14.6 Å². The third-order valence-electron chi connectivity index (χ3n) is 4.55. The molecule has 1 saturated heterocycles. The van der Waals surface area contributed by atoms with E-state index in [0.717, 1.165) is 5.69 Å². The Kier molecular flexibility index (Phi) is 3.11. The summed E-state index contributed by atoms with van der Waals surface area (Å²) in [5, 5.41) is 10.9. The highest BCUT2D eigenvalue weighted by atomic mass is 16.3. The van der Waals surface area contributed by atoms with Crippen molar-refractivity contribution < 1.29 is 14.7 Å². The minimum absolute atomic E-state index is 0.00957. The van der Waals surface area contributed by atoms with Gasteiger partial charge in [-0.05, 0) is 37.3 Å². The lowest BCUT2D eigenvalue weighted by molar-refractivity contribution is 0.0602. The summed E-state index contributed by atoms with van der Waals surface area (Å²) in [5.41, 5.74) is 0.659. The molecule has 0 radical (unpaired) electrons.